The second-order valence-electron chi connectivity index (χ2n) is 3.49. The Bertz CT molecular complexity index is 419. The predicted molar refractivity (Wildman–Crippen MR) is 60.5 cm³/mol. The van der Waals surface area contributed by atoms with Crippen LogP contribution in [0.25, 0.3) is 0 Å². The van der Waals surface area contributed by atoms with E-state index >= 15 is 0 Å². The number of phenolic OH excluding ortho intramolecular Hbond substituents is 1. The predicted octanol–water partition coefficient (Wildman–Crippen LogP) is 0.364. The summed E-state index contributed by atoms with van der Waals surface area (Å²) in [5.41, 5.74) is 5.92. The first-order valence-electron chi connectivity index (χ1n) is 4.91. The molecule has 0 fully saturated rings. The van der Waals surface area contributed by atoms with Gasteiger partial charge in [-0.1, -0.05) is 0 Å². The minimum atomic E-state index is -1.12. The van der Waals surface area contributed by atoms with Gasteiger partial charge in [0.15, 0.2) is 11.5 Å². The molecule has 6 nitrogen and oxygen atoms in total. The molecule has 17 heavy (non-hydrogen) atoms. The molecule has 0 amide bonds. The molecule has 6 heteroatoms. The summed E-state index contributed by atoms with van der Waals surface area (Å²) in [6.45, 7) is 0. The second kappa shape index (κ2) is 5.40. The van der Waals surface area contributed by atoms with E-state index in [2.05, 4.69) is 0 Å². The van der Waals surface area contributed by atoms with Crippen molar-refractivity contribution >= 4 is 5.97 Å². The Balaban J connectivity index is 3.12. The van der Waals surface area contributed by atoms with Gasteiger partial charge in [0.25, 0.3) is 0 Å². The number of aromatic hydroxyl groups is 1. The molecule has 0 radical (unpaired) electrons. The van der Waals surface area contributed by atoms with E-state index in [-0.39, 0.29) is 12.2 Å². The molecule has 1 rings (SSSR count). The van der Waals surface area contributed by atoms with E-state index in [9.17, 15) is 9.90 Å². The molecule has 1 aromatic rings. The first-order chi connectivity index (χ1) is 7.99. The van der Waals surface area contributed by atoms with Gasteiger partial charge < -0.3 is 25.4 Å². The van der Waals surface area contributed by atoms with Crippen molar-refractivity contribution in [1.82, 2.24) is 0 Å². The van der Waals surface area contributed by atoms with Crippen LogP contribution in [0.3, 0.4) is 0 Å². The van der Waals surface area contributed by atoms with E-state index in [4.69, 9.17) is 20.3 Å². The molecule has 4 N–H and O–H groups in total. The number of phenols is 1. The van der Waals surface area contributed by atoms with Gasteiger partial charge in [0, 0.05) is 18.1 Å². The monoisotopic (exact) mass is 241 g/mol. The van der Waals surface area contributed by atoms with E-state index in [1.54, 1.807) is 0 Å². The van der Waals surface area contributed by atoms with E-state index < -0.39 is 12.0 Å². The van der Waals surface area contributed by atoms with Crippen LogP contribution in [-0.4, -0.2) is 36.4 Å². The molecule has 1 aromatic carbocycles. The first kappa shape index (κ1) is 13.1. The van der Waals surface area contributed by atoms with Gasteiger partial charge in [-0.15, -0.1) is 0 Å². The maximum absolute atomic E-state index is 10.7. The Hall–Kier alpha value is -1.95. The lowest BCUT2D eigenvalue weighted by molar-refractivity contribution is -0.138. The molecule has 0 aromatic heterocycles. The van der Waals surface area contributed by atoms with Crippen LogP contribution in [-0.2, 0) is 11.2 Å². The Kier molecular flexibility index (Phi) is 4.17. The molecule has 0 aliphatic rings. The lowest BCUT2D eigenvalue weighted by Crippen LogP contribution is -2.32. The molecule has 0 aliphatic carbocycles. The summed E-state index contributed by atoms with van der Waals surface area (Å²) in [7, 11) is 2.86. The summed E-state index contributed by atoms with van der Waals surface area (Å²) in [4.78, 5) is 10.7. The molecule has 94 valence electrons. The molecular weight excluding hydrogens is 226 g/mol. The standard InChI is InChI=1S/C11H15NO5/c1-16-9-5-7(13)3-6(10(9)17-2)4-8(12)11(14)15/h3,5,8,13H,4,12H2,1-2H3,(H,14,15). The SMILES string of the molecule is COc1cc(O)cc(CC(N)C(=O)O)c1OC. The lowest BCUT2D eigenvalue weighted by atomic mass is 10.0. The zero-order valence-electron chi connectivity index (χ0n) is 9.64. The van der Waals surface area contributed by atoms with Gasteiger partial charge in [0.2, 0.25) is 0 Å². The minimum Gasteiger partial charge on any atom is -0.508 e. The number of carboxylic acids is 1. The van der Waals surface area contributed by atoms with Crippen molar-refractivity contribution in [2.45, 2.75) is 12.5 Å². The third-order valence-electron chi connectivity index (χ3n) is 2.30. The quantitative estimate of drug-likeness (QED) is 0.688. The third-order valence-corrected chi connectivity index (χ3v) is 2.30. The third kappa shape index (κ3) is 3.01. The summed E-state index contributed by atoms with van der Waals surface area (Å²) in [6, 6.07) is 1.73. The van der Waals surface area contributed by atoms with Gasteiger partial charge >= 0.3 is 5.97 Å². The number of hydrogen-bond donors (Lipinski definition) is 3. The number of methoxy groups -OCH3 is 2. The van der Waals surface area contributed by atoms with Crippen LogP contribution in [0.4, 0.5) is 0 Å². The van der Waals surface area contributed by atoms with Crippen molar-refractivity contribution < 1.29 is 24.5 Å². The Morgan fingerprint density at radius 2 is 2.06 bits per heavy atom. The fourth-order valence-corrected chi connectivity index (χ4v) is 1.50. The van der Waals surface area contributed by atoms with Gasteiger partial charge in [-0.3, -0.25) is 4.79 Å². The number of nitrogens with two attached hydrogens (primary N) is 1. The number of carboxylic acid groups (broad SMARTS) is 1. The van der Waals surface area contributed by atoms with Crippen LogP contribution in [0.1, 0.15) is 5.56 Å². The minimum absolute atomic E-state index is 0.0322. The van der Waals surface area contributed by atoms with Crippen molar-refractivity contribution in [3.63, 3.8) is 0 Å². The molecule has 1 unspecified atom stereocenters. The van der Waals surface area contributed by atoms with Crippen LogP contribution in [0.5, 0.6) is 17.2 Å². The fraction of sp³-hybridized carbons (Fsp3) is 0.364. The largest absolute Gasteiger partial charge is 0.508 e. The average Bonchev–Trinajstić information content (AvgIpc) is 2.27. The fourth-order valence-electron chi connectivity index (χ4n) is 1.50. The summed E-state index contributed by atoms with van der Waals surface area (Å²) in [5.74, 6) is -0.438. The van der Waals surface area contributed by atoms with Crippen molar-refractivity contribution in [3.05, 3.63) is 17.7 Å². The zero-order valence-corrected chi connectivity index (χ0v) is 9.64. The number of aliphatic carboxylic acids is 1. The van der Waals surface area contributed by atoms with Crippen molar-refractivity contribution in [3.8, 4) is 17.2 Å². The summed E-state index contributed by atoms with van der Waals surface area (Å²) < 4.78 is 10.1. The number of carbonyl (C=O) groups is 1. The Morgan fingerprint density at radius 3 is 2.53 bits per heavy atom. The summed E-state index contributed by atoms with van der Waals surface area (Å²) >= 11 is 0. The molecule has 0 saturated carbocycles. The molecule has 0 bridgehead atoms. The van der Waals surface area contributed by atoms with Gasteiger partial charge in [-0.05, 0) is 6.07 Å². The zero-order chi connectivity index (χ0) is 13.0. The average molecular weight is 241 g/mol. The van der Waals surface area contributed by atoms with Crippen LogP contribution < -0.4 is 15.2 Å². The van der Waals surface area contributed by atoms with Crippen molar-refractivity contribution in [2.24, 2.45) is 5.73 Å². The normalized spacial score (nSPS) is 11.9. The van der Waals surface area contributed by atoms with Crippen LogP contribution in [0, 0.1) is 0 Å². The van der Waals surface area contributed by atoms with Gasteiger partial charge in [0.1, 0.15) is 11.8 Å². The smallest absolute Gasteiger partial charge is 0.320 e. The highest BCUT2D eigenvalue weighted by Crippen LogP contribution is 2.35. The lowest BCUT2D eigenvalue weighted by Gasteiger charge is -2.14. The number of benzene rings is 1. The van der Waals surface area contributed by atoms with Gasteiger partial charge in [-0.2, -0.15) is 0 Å². The second-order valence-corrected chi connectivity index (χ2v) is 3.49. The van der Waals surface area contributed by atoms with Gasteiger partial charge in [-0.25, -0.2) is 0 Å². The first-order valence-corrected chi connectivity index (χ1v) is 4.91. The molecular formula is C11H15NO5. The van der Waals surface area contributed by atoms with Gasteiger partial charge in [0.05, 0.1) is 14.2 Å². The Morgan fingerprint density at radius 1 is 1.41 bits per heavy atom. The molecule has 0 spiro atoms. The number of hydrogen-bond acceptors (Lipinski definition) is 5. The van der Waals surface area contributed by atoms with Crippen LogP contribution in [0.15, 0.2) is 12.1 Å². The van der Waals surface area contributed by atoms with Crippen molar-refractivity contribution in [2.75, 3.05) is 14.2 Å². The number of ether oxygens (including phenoxy) is 2. The molecule has 0 heterocycles. The van der Waals surface area contributed by atoms with Crippen LogP contribution in [0.2, 0.25) is 0 Å². The van der Waals surface area contributed by atoms with Crippen LogP contribution >= 0.6 is 0 Å². The highest BCUT2D eigenvalue weighted by Gasteiger charge is 2.18. The Labute approximate surface area is 98.6 Å². The molecule has 0 saturated heterocycles. The van der Waals surface area contributed by atoms with E-state index in [1.165, 1.54) is 26.4 Å². The van der Waals surface area contributed by atoms with E-state index in [1.807, 2.05) is 0 Å². The summed E-state index contributed by atoms with van der Waals surface area (Å²) in [5, 5.41) is 18.2. The van der Waals surface area contributed by atoms with E-state index in [0.717, 1.165) is 0 Å². The highest BCUT2D eigenvalue weighted by molar-refractivity contribution is 5.74. The maximum Gasteiger partial charge on any atom is 0.320 e. The van der Waals surface area contributed by atoms with E-state index in [0.29, 0.717) is 17.1 Å². The topological polar surface area (TPSA) is 102 Å². The maximum atomic E-state index is 10.7. The molecule has 1 atom stereocenters. The highest BCUT2D eigenvalue weighted by atomic mass is 16.5. The molecule has 0 aliphatic heterocycles. The summed E-state index contributed by atoms with van der Waals surface area (Å²) in [6.07, 6.45) is 0.0449. The van der Waals surface area contributed by atoms with Crippen molar-refractivity contribution in [1.29, 1.82) is 0 Å². The number of rotatable bonds is 5.